The van der Waals surface area contributed by atoms with Gasteiger partial charge in [0.15, 0.2) is 5.65 Å². The highest BCUT2D eigenvalue weighted by Crippen LogP contribution is 2.28. The molecule has 1 amide bonds. The molecule has 1 fully saturated rings. The van der Waals surface area contributed by atoms with E-state index in [0.717, 1.165) is 42.2 Å². The molecule has 5 nitrogen and oxygen atoms in total. The van der Waals surface area contributed by atoms with Gasteiger partial charge in [-0.2, -0.15) is 0 Å². The van der Waals surface area contributed by atoms with Crippen LogP contribution in [0.2, 0.25) is 0 Å². The first-order chi connectivity index (χ1) is 11.2. The van der Waals surface area contributed by atoms with Gasteiger partial charge in [0.2, 0.25) is 11.9 Å². The molecule has 5 heteroatoms. The summed E-state index contributed by atoms with van der Waals surface area (Å²) >= 11 is 0. The zero-order valence-corrected chi connectivity index (χ0v) is 14.1. The summed E-state index contributed by atoms with van der Waals surface area (Å²) in [4.78, 5) is 21.4. The Morgan fingerprint density at radius 2 is 2.09 bits per heavy atom. The zero-order chi connectivity index (χ0) is 16.2. The number of anilines is 1. The summed E-state index contributed by atoms with van der Waals surface area (Å²) in [6, 6.07) is 3.93. The fourth-order valence-electron chi connectivity index (χ4n) is 3.45. The zero-order valence-electron chi connectivity index (χ0n) is 14.1. The Morgan fingerprint density at radius 3 is 2.83 bits per heavy atom. The molecule has 1 aliphatic rings. The molecule has 3 rings (SSSR count). The van der Waals surface area contributed by atoms with Gasteiger partial charge in [-0.25, -0.2) is 9.97 Å². The summed E-state index contributed by atoms with van der Waals surface area (Å²) in [5.74, 6) is 1.44. The van der Waals surface area contributed by atoms with Gasteiger partial charge in [0.25, 0.3) is 0 Å². The van der Waals surface area contributed by atoms with Gasteiger partial charge in [0, 0.05) is 18.7 Å². The lowest BCUT2D eigenvalue weighted by Crippen LogP contribution is -2.16. The fraction of sp³-hybridized carbons (Fsp3) is 0.611. The van der Waals surface area contributed by atoms with Crippen LogP contribution in [0.15, 0.2) is 12.1 Å². The molecule has 0 bridgehead atoms. The number of nitrogens with one attached hydrogen (secondary N) is 1. The van der Waals surface area contributed by atoms with Crippen molar-refractivity contribution in [3.05, 3.63) is 17.8 Å². The normalized spacial score (nSPS) is 15.4. The number of aryl methyl sites for hydroxylation is 2. The van der Waals surface area contributed by atoms with E-state index in [1.54, 1.807) is 0 Å². The number of fused-ring (bicyclic) bond motifs is 1. The van der Waals surface area contributed by atoms with Crippen LogP contribution in [0, 0.1) is 12.8 Å². The predicted molar refractivity (Wildman–Crippen MR) is 92.4 cm³/mol. The number of rotatable bonds is 6. The standard InChI is InChI=1S/C18H26N4O/c1-3-12-22-17-15(10-8-13(2)19-17)20-18(22)21-16(23)11-9-14-6-4-5-7-14/h8,10,14H,3-7,9,11-12H2,1-2H3,(H,20,21,23). The molecule has 0 aromatic carbocycles. The SMILES string of the molecule is CCCn1c(NC(=O)CCC2CCCC2)nc2ccc(C)nc21. The maximum absolute atomic E-state index is 12.3. The molecule has 2 aromatic rings. The summed E-state index contributed by atoms with van der Waals surface area (Å²) < 4.78 is 2.02. The monoisotopic (exact) mass is 314 g/mol. The largest absolute Gasteiger partial charge is 0.296 e. The molecular formula is C18H26N4O. The molecule has 0 unspecified atom stereocenters. The van der Waals surface area contributed by atoms with Crippen LogP contribution >= 0.6 is 0 Å². The summed E-state index contributed by atoms with van der Waals surface area (Å²) in [6.45, 7) is 4.90. The van der Waals surface area contributed by atoms with Crippen molar-refractivity contribution in [2.24, 2.45) is 5.92 Å². The Kier molecular flexibility index (Phi) is 4.94. The van der Waals surface area contributed by atoms with Crippen molar-refractivity contribution < 1.29 is 4.79 Å². The summed E-state index contributed by atoms with van der Waals surface area (Å²) in [7, 11) is 0. The van der Waals surface area contributed by atoms with E-state index in [1.165, 1.54) is 25.7 Å². The number of pyridine rings is 1. The van der Waals surface area contributed by atoms with E-state index in [9.17, 15) is 4.79 Å². The van der Waals surface area contributed by atoms with E-state index >= 15 is 0 Å². The average molecular weight is 314 g/mol. The van der Waals surface area contributed by atoms with E-state index in [0.29, 0.717) is 12.4 Å². The summed E-state index contributed by atoms with van der Waals surface area (Å²) in [6.07, 6.45) is 7.78. The molecule has 0 saturated heterocycles. The van der Waals surface area contributed by atoms with Crippen molar-refractivity contribution in [3.63, 3.8) is 0 Å². The third-order valence-electron chi connectivity index (χ3n) is 4.68. The molecule has 1 N–H and O–H groups in total. The Bertz CT molecular complexity index is 686. The number of aromatic nitrogens is 3. The highest BCUT2D eigenvalue weighted by atomic mass is 16.1. The maximum atomic E-state index is 12.3. The minimum Gasteiger partial charge on any atom is -0.296 e. The molecule has 0 aliphatic heterocycles. The number of hydrogen-bond acceptors (Lipinski definition) is 3. The van der Waals surface area contributed by atoms with Crippen molar-refractivity contribution in [1.82, 2.24) is 14.5 Å². The number of hydrogen-bond donors (Lipinski definition) is 1. The van der Waals surface area contributed by atoms with Gasteiger partial charge in [0.05, 0.1) is 0 Å². The van der Waals surface area contributed by atoms with E-state index in [-0.39, 0.29) is 5.91 Å². The van der Waals surface area contributed by atoms with E-state index in [2.05, 4.69) is 22.2 Å². The maximum Gasteiger partial charge on any atom is 0.226 e. The van der Waals surface area contributed by atoms with Gasteiger partial charge in [-0.3, -0.25) is 14.7 Å². The molecule has 0 radical (unpaired) electrons. The van der Waals surface area contributed by atoms with Crippen LogP contribution in [-0.4, -0.2) is 20.4 Å². The van der Waals surface area contributed by atoms with E-state index in [4.69, 9.17) is 0 Å². The highest BCUT2D eigenvalue weighted by molar-refractivity contribution is 5.91. The van der Waals surface area contributed by atoms with Crippen LogP contribution in [0.5, 0.6) is 0 Å². The van der Waals surface area contributed by atoms with Crippen molar-refractivity contribution >= 4 is 23.0 Å². The van der Waals surface area contributed by atoms with Gasteiger partial charge >= 0.3 is 0 Å². The number of amides is 1. The van der Waals surface area contributed by atoms with Crippen molar-refractivity contribution in [3.8, 4) is 0 Å². The minimum atomic E-state index is 0.0706. The van der Waals surface area contributed by atoms with Crippen LogP contribution in [0.4, 0.5) is 5.95 Å². The van der Waals surface area contributed by atoms with Crippen molar-refractivity contribution in [2.75, 3.05) is 5.32 Å². The number of nitrogens with zero attached hydrogens (tertiary/aromatic N) is 3. The van der Waals surface area contributed by atoms with Gasteiger partial charge in [-0.05, 0) is 37.8 Å². The van der Waals surface area contributed by atoms with Crippen molar-refractivity contribution in [2.45, 2.75) is 65.3 Å². The molecule has 0 atom stereocenters. The average Bonchev–Trinajstić information content (AvgIpc) is 3.15. The van der Waals surface area contributed by atoms with Crippen LogP contribution in [0.25, 0.3) is 11.2 Å². The lowest BCUT2D eigenvalue weighted by atomic mass is 10.0. The predicted octanol–water partition coefficient (Wildman–Crippen LogP) is 4.06. The Hall–Kier alpha value is -1.91. The first kappa shape index (κ1) is 16.0. The number of carbonyl (C=O) groups excluding carboxylic acids is 1. The molecule has 1 saturated carbocycles. The van der Waals surface area contributed by atoms with Crippen LogP contribution in [-0.2, 0) is 11.3 Å². The molecular weight excluding hydrogens is 288 g/mol. The van der Waals surface area contributed by atoms with Crippen molar-refractivity contribution in [1.29, 1.82) is 0 Å². The first-order valence-electron chi connectivity index (χ1n) is 8.81. The number of carbonyl (C=O) groups is 1. The Morgan fingerprint density at radius 1 is 1.30 bits per heavy atom. The molecule has 23 heavy (non-hydrogen) atoms. The second-order valence-corrected chi connectivity index (χ2v) is 6.62. The van der Waals surface area contributed by atoms with Gasteiger partial charge in [-0.1, -0.05) is 32.6 Å². The second kappa shape index (κ2) is 7.11. The molecule has 1 aliphatic carbocycles. The van der Waals surface area contributed by atoms with Crippen LogP contribution in [0.1, 0.15) is 57.6 Å². The van der Waals surface area contributed by atoms with Crippen LogP contribution in [0.3, 0.4) is 0 Å². The van der Waals surface area contributed by atoms with Gasteiger partial charge in [-0.15, -0.1) is 0 Å². The Labute approximate surface area is 137 Å². The third kappa shape index (κ3) is 3.71. The quantitative estimate of drug-likeness (QED) is 0.874. The van der Waals surface area contributed by atoms with Gasteiger partial charge < -0.3 is 0 Å². The Balaban J connectivity index is 1.72. The highest BCUT2D eigenvalue weighted by Gasteiger charge is 2.18. The van der Waals surface area contributed by atoms with E-state index in [1.807, 2.05) is 23.6 Å². The second-order valence-electron chi connectivity index (χ2n) is 6.62. The molecule has 2 heterocycles. The molecule has 2 aromatic heterocycles. The topological polar surface area (TPSA) is 59.8 Å². The summed E-state index contributed by atoms with van der Waals surface area (Å²) in [5, 5.41) is 3.00. The fourth-order valence-corrected chi connectivity index (χ4v) is 3.45. The lowest BCUT2D eigenvalue weighted by Gasteiger charge is -2.10. The smallest absolute Gasteiger partial charge is 0.226 e. The number of imidazole rings is 1. The van der Waals surface area contributed by atoms with E-state index < -0.39 is 0 Å². The minimum absolute atomic E-state index is 0.0706. The third-order valence-corrected chi connectivity index (χ3v) is 4.68. The van der Waals surface area contributed by atoms with Gasteiger partial charge in [0.1, 0.15) is 5.52 Å². The first-order valence-corrected chi connectivity index (χ1v) is 8.81. The summed E-state index contributed by atoms with van der Waals surface area (Å²) in [5.41, 5.74) is 2.67. The molecule has 124 valence electrons. The molecule has 0 spiro atoms. The lowest BCUT2D eigenvalue weighted by molar-refractivity contribution is -0.116. The van der Waals surface area contributed by atoms with Crippen LogP contribution < -0.4 is 5.32 Å².